The number of hydrogen-bond acceptors (Lipinski definition) is 2. The average molecular weight is 384 g/mol. The van der Waals surface area contributed by atoms with Crippen molar-refractivity contribution in [3.8, 4) is 0 Å². The first-order valence-electron chi connectivity index (χ1n) is 7.26. The van der Waals surface area contributed by atoms with Gasteiger partial charge in [0.25, 0.3) is 0 Å². The van der Waals surface area contributed by atoms with Gasteiger partial charge in [0.15, 0.2) is 0 Å². The molecule has 1 aliphatic heterocycles. The average Bonchev–Trinajstić information content (AvgIpc) is 2.88. The van der Waals surface area contributed by atoms with E-state index in [-0.39, 0.29) is 24.8 Å². The lowest BCUT2D eigenvalue weighted by Crippen LogP contribution is -2.28. The summed E-state index contributed by atoms with van der Waals surface area (Å²) in [5.74, 6) is -0.852. The summed E-state index contributed by atoms with van der Waals surface area (Å²) in [5.41, 5.74) is 1.12. The number of carbonyl (C=O) groups is 2. The summed E-state index contributed by atoms with van der Waals surface area (Å²) in [6.45, 7) is 0.280. The van der Waals surface area contributed by atoms with Gasteiger partial charge in [-0.3, -0.25) is 9.59 Å². The fourth-order valence-corrected chi connectivity index (χ4v) is 3.42. The summed E-state index contributed by atoms with van der Waals surface area (Å²) >= 11 is 18.0. The van der Waals surface area contributed by atoms with E-state index in [9.17, 15) is 9.59 Å². The maximum absolute atomic E-state index is 12.4. The van der Waals surface area contributed by atoms with Crippen LogP contribution in [-0.2, 0) is 9.59 Å². The summed E-state index contributed by atoms with van der Waals surface area (Å²) in [4.78, 5) is 26.2. The molecule has 1 atom stereocenters. The van der Waals surface area contributed by atoms with E-state index < -0.39 is 5.92 Å². The van der Waals surface area contributed by atoms with Crippen molar-refractivity contribution in [2.24, 2.45) is 5.92 Å². The minimum Gasteiger partial charge on any atom is -0.326 e. The Morgan fingerprint density at radius 1 is 1.08 bits per heavy atom. The molecule has 0 aliphatic carbocycles. The van der Waals surface area contributed by atoms with Crippen molar-refractivity contribution in [2.45, 2.75) is 6.42 Å². The first-order chi connectivity index (χ1) is 11.4. The number of amides is 2. The Morgan fingerprint density at radius 3 is 2.42 bits per heavy atom. The number of nitrogens with zero attached hydrogens (tertiary/aromatic N) is 1. The maximum atomic E-state index is 12.4. The van der Waals surface area contributed by atoms with E-state index >= 15 is 0 Å². The molecule has 1 fully saturated rings. The van der Waals surface area contributed by atoms with Gasteiger partial charge in [0.05, 0.1) is 16.6 Å². The van der Waals surface area contributed by atoms with Gasteiger partial charge >= 0.3 is 0 Å². The van der Waals surface area contributed by atoms with Crippen molar-refractivity contribution in [3.05, 3.63) is 57.5 Å². The lowest BCUT2D eigenvalue weighted by molar-refractivity contribution is -0.122. The first kappa shape index (κ1) is 17.1. The number of hydrogen-bond donors (Lipinski definition) is 1. The summed E-state index contributed by atoms with van der Waals surface area (Å²) in [5, 5.41) is 4.09. The molecule has 3 rings (SSSR count). The second-order valence-corrected chi connectivity index (χ2v) is 6.78. The Balaban J connectivity index is 1.73. The van der Waals surface area contributed by atoms with Gasteiger partial charge in [-0.2, -0.15) is 0 Å². The molecule has 1 saturated heterocycles. The molecule has 2 aromatic rings. The largest absolute Gasteiger partial charge is 0.326 e. The van der Waals surface area contributed by atoms with Gasteiger partial charge in [-0.15, -0.1) is 0 Å². The molecule has 4 nitrogen and oxygen atoms in total. The molecule has 2 amide bonds. The van der Waals surface area contributed by atoms with Crippen molar-refractivity contribution in [2.75, 3.05) is 16.8 Å². The van der Waals surface area contributed by atoms with Crippen molar-refractivity contribution in [3.63, 3.8) is 0 Å². The van der Waals surface area contributed by atoms with Crippen LogP contribution in [0.15, 0.2) is 42.5 Å². The molecular weight excluding hydrogens is 371 g/mol. The van der Waals surface area contributed by atoms with Gasteiger partial charge in [0.1, 0.15) is 0 Å². The number of para-hydroxylation sites is 1. The van der Waals surface area contributed by atoms with E-state index in [1.165, 1.54) is 4.90 Å². The molecule has 24 heavy (non-hydrogen) atoms. The monoisotopic (exact) mass is 382 g/mol. The third-order valence-corrected chi connectivity index (χ3v) is 4.53. The van der Waals surface area contributed by atoms with Crippen molar-refractivity contribution < 1.29 is 9.59 Å². The van der Waals surface area contributed by atoms with Crippen LogP contribution in [0, 0.1) is 5.92 Å². The first-order valence-corrected chi connectivity index (χ1v) is 8.39. The maximum Gasteiger partial charge on any atom is 0.229 e. The molecule has 2 aromatic carbocycles. The van der Waals surface area contributed by atoms with Crippen LogP contribution in [0.4, 0.5) is 11.4 Å². The summed E-state index contributed by atoms with van der Waals surface area (Å²) in [7, 11) is 0. The van der Waals surface area contributed by atoms with E-state index in [0.717, 1.165) is 0 Å². The Kier molecular flexibility index (Phi) is 4.99. The fourth-order valence-electron chi connectivity index (χ4n) is 2.66. The van der Waals surface area contributed by atoms with Crippen LogP contribution in [0.1, 0.15) is 6.42 Å². The molecule has 7 heteroatoms. The predicted octanol–water partition coefficient (Wildman–Crippen LogP) is 4.64. The summed E-state index contributed by atoms with van der Waals surface area (Å²) in [6.07, 6.45) is 0.130. The minimum absolute atomic E-state index is 0.130. The molecule has 1 aliphatic rings. The van der Waals surface area contributed by atoms with Crippen molar-refractivity contribution in [1.82, 2.24) is 0 Å². The van der Waals surface area contributed by atoms with Gasteiger partial charge in [-0.25, -0.2) is 0 Å². The summed E-state index contributed by atoms with van der Waals surface area (Å²) in [6, 6.07) is 11.9. The molecule has 0 aromatic heterocycles. The van der Waals surface area contributed by atoms with Crippen LogP contribution in [0.3, 0.4) is 0 Å². The van der Waals surface area contributed by atoms with Crippen LogP contribution in [-0.4, -0.2) is 18.4 Å². The predicted molar refractivity (Wildman–Crippen MR) is 97.0 cm³/mol. The molecular formula is C17H13Cl3N2O2. The molecule has 124 valence electrons. The Morgan fingerprint density at radius 2 is 1.75 bits per heavy atom. The topological polar surface area (TPSA) is 49.4 Å². The third-order valence-electron chi connectivity index (χ3n) is 3.77. The van der Waals surface area contributed by atoms with Crippen LogP contribution in [0.5, 0.6) is 0 Å². The van der Waals surface area contributed by atoms with Crippen LogP contribution < -0.4 is 10.2 Å². The lowest BCUT2D eigenvalue weighted by atomic mass is 10.1. The molecule has 0 spiro atoms. The molecule has 0 saturated carbocycles. The number of carbonyl (C=O) groups excluding carboxylic acids is 2. The zero-order chi connectivity index (χ0) is 17.3. The van der Waals surface area contributed by atoms with Gasteiger partial charge < -0.3 is 10.2 Å². The number of rotatable bonds is 3. The highest BCUT2D eigenvalue weighted by molar-refractivity contribution is 6.35. The highest BCUT2D eigenvalue weighted by Crippen LogP contribution is 2.31. The van der Waals surface area contributed by atoms with Gasteiger partial charge in [-0.05, 0) is 30.3 Å². The van der Waals surface area contributed by atoms with E-state index in [1.807, 2.05) is 0 Å². The Hall–Kier alpha value is -1.75. The number of benzene rings is 2. The van der Waals surface area contributed by atoms with Crippen molar-refractivity contribution >= 4 is 58.0 Å². The second-order valence-electron chi connectivity index (χ2n) is 5.50. The van der Waals surface area contributed by atoms with Crippen LogP contribution in [0.25, 0.3) is 0 Å². The van der Waals surface area contributed by atoms with Gasteiger partial charge in [0.2, 0.25) is 11.8 Å². The van der Waals surface area contributed by atoms with Crippen LogP contribution >= 0.6 is 34.8 Å². The number of halogens is 3. The molecule has 0 unspecified atom stereocenters. The normalized spacial score (nSPS) is 17.2. The number of nitrogens with one attached hydrogen (secondary N) is 1. The third kappa shape index (κ3) is 3.66. The Bertz CT molecular complexity index is 790. The smallest absolute Gasteiger partial charge is 0.229 e. The second kappa shape index (κ2) is 7.01. The van der Waals surface area contributed by atoms with E-state index in [2.05, 4.69) is 5.32 Å². The Labute approximate surface area is 154 Å². The van der Waals surface area contributed by atoms with E-state index in [1.54, 1.807) is 42.5 Å². The van der Waals surface area contributed by atoms with Crippen LogP contribution in [0.2, 0.25) is 15.1 Å². The van der Waals surface area contributed by atoms with E-state index in [4.69, 9.17) is 34.8 Å². The SMILES string of the molecule is O=C(Nc1cc(Cl)cc(Cl)c1)[C@H]1CC(=O)N(c2ccccc2Cl)C1. The van der Waals surface area contributed by atoms with Crippen molar-refractivity contribution in [1.29, 1.82) is 0 Å². The zero-order valence-electron chi connectivity index (χ0n) is 12.4. The molecule has 0 bridgehead atoms. The molecule has 1 N–H and O–H groups in total. The highest BCUT2D eigenvalue weighted by atomic mass is 35.5. The van der Waals surface area contributed by atoms with Gasteiger partial charge in [-0.1, -0.05) is 46.9 Å². The summed E-state index contributed by atoms with van der Waals surface area (Å²) < 4.78 is 0. The lowest BCUT2D eigenvalue weighted by Gasteiger charge is -2.18. The van der Waals surface area contributed by atoms with Gasteiger partial charge in [0, 0.05) is 28.7 Å². The zero-order valence-corrected chi connectivity index (χ0v) is 14.7. The molecule has 0 radical (unpaired) electrons. The fraction of sp³-hybridized carbons (Fsp3) is 0.176. The quantitative estimate of drug-likeness (QED) is 0.839. The standard InChI is InChI=1S/C17H13Cl3N2O2/c18-11-6-12(19)8-13(7-11)21-17(24)10-5-16(23)22(9-10)15-4-2-1-3-14(15)20/h1-4,6-8,10H,5,9H2,(H,21,24)/t10-/m0/s1. The van der Waals surface area contributed by atoms with E-state index in [0.29, 0.717) is 26.4 Å². The molecule has 1 heterocycles. The highest BCUT2D eigenvalue weighted by Gasteiger charge is 2.35. The minimum atomic E-state index is -0.466. The number of anilines is 2.